The number of amides is 2. The minimum absolute atomic E-state index is 0.143. The van der Waals surface area contributed by atoms with Gasteiger partial charge >= 0.3 is 12.0 Å². The van der Waals surface area contributed by atoms with E-state index < -0.39 is 12.0 Å². The predicted octanol–water partition coefficient (Wildman–Crippen LogP) is -0.140. The second-order valence-corrected chi connectivity index (χ2v) is 2.87. The molecule has 0 bridgehead atoms. The number of anilines is 1. The minimum Gasteiger partial charge on any atom is -0.476 e. The summed E-state index contributed by atoms with van der Waals surface area (Å²) < 4.78 is 0. The van der Waals surface area contributed by atoms with E-state index in [4.69, 9.17) is 10.8 Å². The van der Waals surface area contributed by atoms with E-state index in [9.17, 15) is 9.59 Å². The maximum Gasteiger partial charge on any atom is 0.356 e. The third-order valence-electron chi connectivity index (χ3n) is 1.69. The van der Waals surface area contributed by atoms with Crippen LogP contribution >= 0.6 is 0 Å². The number of rotatable bonds is 4. The first-order chi connectivity index (χ1) is 7.65. The van der Waals surface area contributed by atoms with E-state index in [2.05, 4.69) is 15.6 Å². The summed E-state index contributed by atoms with van der Waals surface area (Å²) in [6.45, 7) is 0.626. The molecular weight excluding hydrogens is 212 g/mol. The number of aromatic nitrogens is 1. The van der Waals surface area contributed by atoms with E-state index in [0.29, 0.717) is 13.1 Å². The summed E-state index contributed by atoms with van der Waals surface area (Å²) in [7, 11) is 0. The van der Waals surface area contributed by atoms with Gasteiger partial charge in [0.15, 0.2) is 5.69 Å². The lowest BCUT2D eigenvalue weighted by molar-refractivity contribution is 0.0692. The third-order valence-corrected chi connectivity index (χ3v) is 1.69. The van der Waals surface area contributed by atoms with Crippen molar-refractivity contribution in [3.63, 3.8) is 0 Å². The highest BCUT2D eigenvalue weighted by Gasteiger charge is 2.12. The molecule has 5 N–H and O–H groups in total. The molecule has 0 fully saturated rings. The van der Waals surface area contributed by atoms with Gasteiger partial charge in [-0.2, -0.15) is 0 Å². The number of nitrogens with one attached hydrogen (secondary N) is 2. The molecule has 86 valence electrons. The molecule has 0 radical (unpaired) electrons. The SMILES string of the molecule is NCCNC(=O)Nc1cccnc1C(=O)O. The highest BCUT2D eigenvalue weighted by Crippen LogP contribution is 2.11. The molecular formula is C9H12N4O3. The lowest BCUT2D eigenvalue weighted by Crippen LogP contribution is -2.33. The van der Waals surface area contributed by atoms with E-state index >= 15 is 0 Å². The van der Waals surface area contributed by atoms with Crippen LogP contribution in [0.3, 0.4) is 0 Å². The summed E-state index contributed by atoms with van der Waals surface area (Å²) in [5.74, 6) is -1.20. The van der Waals surface area contributed by atoms with Crippen molar-refractivity contribution in [2.45, 2.75) is 0 Å². The maximum absolute atomic E-state index is 11.2. The molecule has 1 aromatic heterocycles. The first-order valence-electron chi connectivity index (χ1n) is 4.58. The summed E-state index contributed by atoms with van der Waals surface area (Å²) in [4.78, 5) is 25.7. The van der Waals surface area contributed by atoms with Gasteiger partial charge in [-0.05, 0) is 12.1 Å². The summed E-state index contributed by atoms with van der Waals surface area (Å²) in [6.07, 6.45) is 1.34. The fourth-order valence-corrected chi connectivity index (χ4v) is 1.03. The lowest BCUT2D eigenvalue weighted by atomic mass is 10.3. The van der Waals surface area contributed by atoms with Gasteiger partial charge in [0.1, 0.15) is 0 Å². The predicted molar refractivity (Wildman–Crippen MR) is 57.3 cm³/mol. The van der Waals surface area contributed by atoms with Crippen molar-refractivity contribution >= 4 is 17.7 Å². The molecule has 0 aliphatic heterocycles. The number of carbonyl (C=O) groups excluding carboxylic acids is 1. The summed E-state index contributed by atoms with van der Waals surface area (Å²) >= 11 is 0. The third kappa shape index (κ3) is 3.21. The number of aromatic carboxylic acids is 1. The second kappa shape index (κ2) is 5.66. The van der Waals surface area contributed by atoms with E-state index in [-0.39, 0.29) is 11.4 Å². The maximum atomic E-state index is 11.2. The molecule has 0 aliphatic rings. The second-order valence-electron chi connectivity index (χ2n) is 2.87. The Morgan fingerprint density at radius 3 is 2.88 bits per heavy atom. The van der Waals surface area contributed by atoms with E-state index in [0.717, 1.165) is 0 Å². The molecule has 0 atom stereocenters. The van der Waals surface area contributed by atoms with Gasteiger partial charge in [-0.15, -0.1) is 0 Å². The number of hydrogen-bond donors (Lipinski definition) is 4. The zero-order chi connectivity index (χ0) is 12.0. The Hall–Kier alpha value is -2.15. The topological polar surface area (TPSA) is 117 Å². The first kappa shape index (κ1) is 11.9. The molecule has 16 heavy (non-hydrogen) atoms. The highest BCUT2D eigenvalue weighted by molar-refractivity contribution is 5.98. The number of carbonyl (C=O) groups is 2. The Balaban J connectivity index is 2.73. The zero-order valence-corrected chi connectivity index (χ0v) is 8.43. The molecule has 0 saturated heterocycles. The van der Waals surface area contributed by atoms with Crippen LogP contribution < -0.4 is 16.4 Å². The Kier molecular flexibility index (Phi) is 4.22. The first-order valence-corrected chi connectivity index (χ1v) is 4.58. The quantitative estimate of drug-likeness (QED) is 0.567. The van der Waals surface area contributed by atoms with Crippen molar-refractivity contribution in [2.75, 3.05) is 18.4 Å². The van der Waals surface area contributed by atoms with Crippen molar-refractivity contribution in [2.24, 2.45) is 5.73 Å². The Morgan fingerprint density at radius 2 is 2.25 bits per heavy atom. The molecule has 0 unspecified atom stereocenters. The average Bonchev–Trinajstić information content (AvgIpc) is 2.27. The van der Waals surface area contributed by atoms with Gasteiger partial charge in [0.2, 0.25) is 0 Å². The van der Waals surface area contributed by atoms with Crippen LogP contribution in [0.4, 0.5) is 10.5 Å². The zero-order valence-electron chi connectivity index (χ0n) is 8.43. The summed E-state index contributed by atoms with van der Waals surface area (Å²) in [6, 6.07) is 2.48. The van der Waals surface area contributed by atoms with E-state index in [1.807, 2.05) is 0 Å². The molecule has 0 aromatic carbocycles. The molecule has 0 aliphatic carbocycles. The van der Waals surface area contributed by atoms with Gasteiger partial charge in [0.25, 0.3) is 0 Å². The molecule has 0 spiro atoms. The van der Waals surface area contributed by atoms with Gasteiger partial charge in [-0.25, -0.2) is 14.6 Å². The number of carboxylic acid groups (broad SMARTS) is 1. The minimum atomic E-state index is -1.20. The van der Waals surface area contributed by atoms with Crippen molar-refractivity contribution in [3.05, 3.63) is 24.0 Å². The van der Waals surface area contributed by atoms with Gasteiger partial charge in [0, 0.05) is 19.3 Å². The van der Waals surface area contributed by atoms with Crippen LogP contribution in [0.15, 0.2) is 18.3 Å². The Morgan fingerprint density at radius 1 is 1.50 bits per heavy atom. The van der Waals surface area contributed by atoms with Crippen LogP contribution in [-0.4, -0.2) is 35.2 Å². The molecule has 2 amide bonds. The average molecular weight is 224 g/mol. The van der Waals surface area contributed by atoms with Gasteiger partial charge in [0.05, 0.1) is 5.69 Å². The van der Waals surface area contributed by atoms with Crippen molar-refractivity contribution in [3.8, 4) is 0 Å². The van der Waals surface area contributed by atoms with Crippen molar-refractivity contribution < 1.29 is 14.7 Å². The van der Waals surface area contributed by atoms with Crippen LogP contribution in [0.5, 0.6) is 0 Å². The van der Waals surface area contributed by atoms with Crippen LogP contribution in [0, 0.1) is 0 Å². The molecule has 1 heterocycles. The highest BCUT2D eigenvalue weighted by atomic mass is 16.4. The van der Waals surface area contributed by atoms with Crippen LogP contribution in [0.2, 0.25) is 0 Å². The molecule has 0 saturated carbocycles. The van der Waals surface area contributed by atoms with Gasteiger partial charge in [-0.3, -0.25) is 0 Å². The fraction of sp³-hybridized carbons (Fsp3) is 0.222. The van der Waals surface area contributed by atoms with Crippen LogP contribution in [0.1, 0.15) is 10.5 Å². The Labute approximate surface area is 91.7 Å². The largest absolute Gasteiger partial charge is 0.476 e. The van der Waals surface area contributed by atoms with Crippen LogP contribution in [-0.2, 0) is 0 Å². The summed E-state index contributed by atoms with van der Waals surface area (Å²) in [5, 5.41) is 13.6. The van der Waals surface area contributed by atoms with E-state index in [1.54, 1.807) is 0 Å². The molecule has 1 rings (SSSR count). The Bertz CT molecular complexity index is 394. The number of carboxylic acids is 1. The monoisotopic (exact) mass is 224 g/mol. The number of urea groups is 1. The smallest absolute Gasteiger partial charge is 0.356 e. The molecule has 1 aromatic rings. The molecule has 7 nitrogen and oxygen atoms in total. The number of nitrogens with zero attached hydrogens (tertiary/aromatic N) is 1. The lowest BCUT2D eigenvalue weighted by Gasteiger charge is -2.07. The normalized spacial score (nSPS) is 9.56. The summed E-state index contributed by atoms with van der Waals surface area (Å²) in [5.41, 5.74) is 5.14. The van der Waals surface area contributed by atoms with Gasteiger partial charge in [-0.1, -0.05) is 0 Å². The fourth-order valence-electron chi connectivity index (χ4n) is 1.03. The van der Waals surface area contributed by atoms with Crippen molar-refractivity contribution in [1.82, 2.24) is 10.3 Å². The standard InChI is InChI=1S/C9H12N4O3/c10-3-5-12-9(16)13-6-2-1-4-11-7(6)8(14)15/h1-2,4H,3,5,10H2,(H,14,15)(H2,12,13,16). The van der Waals surface area contributed by atoms with Crippen molar-refractivity contribution in [1.29, 1.82) is 0 Å². The van der Waals surface area contributed by atoms with Crippen LogP contribution in [0.25, 0.3) is 0 Å². The number of pyridine rings is 1. The molecule has 7 heteroatoms. The number of hydrogen-bond acceptors (Lipinski definition) is 4. The van der Waals surface area contributed by atoms with E-state index in [1.165, 1.54) is 18.3 Å². The van der Waals surface area contributed by atoms with Gasteiger partial charge < -0.3 is 21.5 Å². The number of nitrogens with two attached hydrogens (primary N) is 1.